The maximum absolute atomic E-state index is 12.9. The molecule has 0 unspecified atom stereocenters. The highest BCUT2D eigenvalue weighted by Crippen LogP contribution is 2.19. The maximum Gasteiger partial charge on any atom is 0.307 e. The van der Waals surface area contributed by atoms with Crippen molar-refractivity contribution in [1.82, 2.24) is 5.32 Å². The van der Waals surface area contributed by atoms with Crippen molar-refractivity contribution in [3.8, 4) is 0 Å². The van der Waals surface area contributed by atoms with Gasteiger partial charge in [0.2, 0.25) is 5.91 Å². The molecule has 0 radical (unpaired) electrons. The van der Waals surface area contributed by atoms with Gasteiger partial charge in [0, 0.05) is 11.4 Å². The summed E-state index contributed by atoms with van der Waals surface area (Å²) in [6.45, 7) is 0.184. The van der Waals surface area contributed by atoms with E-state index in [9.17, 15) is 18.4 Å². The molecule has 104 valence electrons. The Labute approximate surface area is 113 Å². The van der Waals surface area contributed by atoms with Crippen molar-refractivity contribution in [2.45, 2.75) is 11.3 Å². The normalized spacial score (nSPS) is 10.1. The molecule has 1 aromatic carbocycles. The second-order valence-electron chi connectivity index (χ2n) is 3.54. The molecule has 0 aromatic heterocycles. The topological polar surface area (TPSA) is 55.4 Å². The fraction of sp³-hybridized carbons (Fsp3) is 0.333. The van der Waals surface area contributed by atoms with Gasteiger partial charge in [0.25, 0.3) is 0 Å². The number of ether oxygens (including phenoxy) is 1. The van der Waals surface area contributed by atoms with Crippen LogP contribution in [0.2, 0.25) is 0 Å². The van der Waals surface area contributed by atoms with E-state index in [0.717, 1.165) is 23.9 Å². The lowest BCUT2D eigenvalue weighted by atomic mass is 10.3. The Morgan fingerprint density at radius 1 is 1.32 bits per heavy atom. The van der Waals surface area contributed by atoms with Crippen LogP contribution in [0.3, 0.4) is 0 Å². The van der Waals surface area contributed by atoms with Crippen LogP contribution < -0.4 is 5.32 Å². The summed E-state index contributed by atoms with van der Waals surface area (Å²) in [4.78, 5) is 22.6. The molecular formula is C12H13F2NO3S. The molecule has 0 saturated carbocycles. The first-order chi connectivity index (χ1) is 9.02. The van der Waals surface area contributed by atoms with Gasteiger partial charge in [-0.2, -0.15) is 0 Å². The zero-order chi connectivity index (χ0) is 14.3. The second kappa shape index (κ2) is 7.73. The highest BCUT2D eigenvalue weighted by Gasteiger charge is 2.07. The van der Waals surface area contributed by atoms with Gasteiger partial charge in [-0.1, -0.05) is 0 Å². The van der Waals surface area contributed by atoms with E-state index in [4.69, 9.17) is 0 Å². The third-order valence-electron chi connectivity index (χ3n) is 2.14. The first-order valence-corrected chi connectivity index (χ1v) is 6.43. The molecule has 0 aliphatic heterocycles. The molecular weight excluding hydrogens is 276 g/mol. The minimum absolute atomic E-state index is 0.0618. The monoisotopic (exact) mass is 289 g/mol. The fourth-order valence-electron chi connectivity index (χ4n) is 1.17. The molecule has 0 bridgehead atoms. The molecule has 1 rings (SSSR count). The van der Waals surface area contributed by atoms with Gasteiger partial charge in [-0.25, -0.2) is 8.78 Å². The summed E-state index contributed by atoms with van der Waals surface area (Å²) in [5, 5.41) is 2.52. The highest BCUT2D eigenvalue weighted by atomic mass is 32.2. The molecule has 1 aromatic rings. The average Bonchev–Trinajstić information content (AvgIpc) is 2.40. The molecule has 1 amide bonds. The molecule has 0 aliphatic carbocycles. The number of amides is 1. The number of carbonyl (C=O) groups excluding carboxylic acids is 2. The number of hydrogen-bond acceptors (Lipinski definition) is 4. The quantitative estimate of drug-likeness (QED) is 0.640. The van der Waals surface area contributed by atoms with Gasteiger partial charge in [0.05, 0.1) is 19.3 Å². The van der Waals surface area contributed by atoms with Crippen LogP contribution in [0.1, 0.15) is 6.42 Å². The van der Waals surface area contributed by atoms with Gasteiger partial charge in [-0.05, 0) is 18.2 Å². The van der Waals surface area contributed by atoms with E-state index in [1.165, 1.54) is 13.2 Å². The highest BCUT2D eigenvalue weighted by molar-refractivity contribution is 8.00. The van der Waals surface area contributed by atoms with Crippen LogP contribution in [0, 0.1) is 11.6 Å². The Balaban J connectivity index is 2.30. The van der Waals surface area contributed by atoms with Crippen LogP contribution in [-0.2, 0) is 14.3 Å². The third-order valence-corrected chi connectivity index (χ3v) is 3.13. The molecule has 0 fully saturated rings. The predicted molar refractivity (Wildman–Crippen MR) is 66.7 cm³/mol. The van der Waals surface area contributed by atoms with Crippen LogP contribution in [0.5, 0.6) is 0 Å². The van der Waals surface area contributed by atoms with Crippen molar-refractivity contribution < 1.29 is 23.1 Å². The molecule has 0 aliphatic rings. The van der Waals surface area contributed by atoms with Crippen molar-refractivity contribution in [3.63, 3.8) is 0 Å². The zero-order valence-corrected chi connectivity index (χ0v) is 11.1. The van der Waals surface area contributed by atoms with Gasteiger partial charge in [0.1, 0.15) is 0 Å². The Kier molecular flexibility index (Phi) is 6.27. The first kappa shape index (κ1) is 15.4. The Hall–Kier alpha value is -1.63. The summed E-state index contributed by atoms with van der Waals surface area (Å²) in [6, 6.07) is 3.43. The standard InChI is InChI=1S/C12H13F2NO3S/c1-18-12(17)4-5-15-11(16)7-19-8-2-3-9(13)10(14)6-8/h2-3,6H,4-5,7H2,1H3,(H,15,16). The number of hydrogen-bond donors (Lipinski definition) is 1. The van der Waals surface area contributed by atoms with Crippen LogP contribution in [0.4, 0.5) is 8.78 Å². The first-order valence-electron chi connectivity index (χ1n) is 5.44. The summed E-state index contributed by atoms with van der Waals surface area (Å²) in [5.41, 5.74) is 0. The van der Waals surface area contributed by atoms with Crippen LogP contribution in [0.15, 0.2) is 23.1 Å². The predicted octanol–water partition coefficient (Wildman–Crippen LogP) is 1.74. The molecule has 0 atom stereocenters. The van der Waals surface area contributed by atoms with Crippen molar-refractivity contribution >= 4 is 23.6 Å². The SMILES string of the molecule is COC(=O)CCNC(=O)CSc1ccc(F)c(F)c1. The molecule has 0 spiro atoms. The minimum Gasteiger partial charge on any atom is -0.469 e. The number of nitrogens with one attached hydrogen (secondary N) is 1. The summed E-state index contributed by atoms with van der Waals surface area (Å²) in [5.74, 6) is -2.51. The molecule has 19 heavy (non-hydrogen) atoms. The summed E-state index contributed by atoms with van der Waals surface area (Å²) >= 11 is 1.08. The summed E-state index contributed by atoms with van der Waals surface area (Å²) in [7, 11) is 1.27. The van der Waals surface area contributed by atoms with Gasteiger partial charge in [-0.15, -0.1) is 11.8 Å². The number of esters is 1. The Bertz CT molecular complexity index is 468. The van der Waals surface area contributed by atoms with E-state index in [-0.39, 0.29) is 24.6 Å². The largest absolute Gasteiger partial charge is 0.469 e. The zero-order valence-electron chi connectivity index (χ0n) is 10.2. The number of halogens is 2. The number of methoxy groups -OCH3 is 1. The molecule has 7 heteroatoms. The average molecular weight is 289 g/mol. The van der Waals surface area contributed by atoms with Gasteiger partial charge < -0.3 is 10.1 Å². The van der Waals surface area contributed by atoms with Gasteiger partial charge in [-0.3, -0.25) is 9.59 Å². The second-order valence-corrected chi connectivity index (χ2v) is 4.59. The maximum atomic E-state index is 12.9. The minimum atomic E-state index is -0.948. The van der Waals surface area contributed by atoms with Gasteiger partial charge in [0.15, 0.2) is 11.6 Å². The van der Waals surface area contributed by atoms with E-state index in [1.54, 1.807) is 0 Å². The molecule has 4 nitrogen and oxygen atoms in total. The Morgan fingerprint density at radius 2 is 2.05 bits per heavy atom. The van der Waals surface area contributed by atoms with E-state index >= 15 is 0 Å². The Morgan fingerprint density at radius 3 is 2.68 bits per heavy atom. The van der Waals surface area contributed by atoms with E-state index in [0.29, 0.717) is 4.90 Å². The van der Waals surface area contributed by atoms with Crippen molar-refractivity contribution in [2.24, 2.45) is 0 Å². The van der Waals surface area contributed by atoms with Crippen LogP contribution in [0.25, 0.3) is 0 Å². The molecule has 0 saturated heterocycles. The van der Waals surface area contributed by atoms with Crippen molar-refractivity contribution in [3.05, 3.63) is 29.8 Å². The fourth-order valence-corrected chi connectivity index (χ4v) is 1.92. The number of rotatable bonds is 6. The van der Waals surface area contributed by atoms with Crippen LogP contribution >= 0.6 is 11.8 Å². The van der Waals surface area contributed by atoms with Gasteiger partial charge >= 0.3 is 5.97 Å². The van der Waals surface area contributed by atoms with Crippen molar-refractivity contribution in [2.75, 3.05) is 19.4 Å². The van der Waals surface area contributed by atoms with E-state index in [2.05, 4.69) is 10.1 Å². The summed E-state index contributed by atoms with van der Waals surface area (Å²) < 4.78 is 30.0. The number of thioether (sulfide) groups is 1. The lowest BCUT2D eigenvalue weighted by Crippen LogP contribution is -2.27. The third kappa shape index (κ3) is 5.69. The summed E-state index contributed by atoms with van der Waals surface area (Å²) in [6.07, 6.45) is 0.0953. The molecule has 0 heterocycles. The van der Waals surface area contributed by atoms with E-state index < -0.39 is 17.6 Å². The lowest BCUT2D eigenvalue weighted by Gasteiger charge is -2.04. The number of benzene rings is 1. The van der Waals surface area contributed by atoms with Crippen molar-refractivity contribution in [1.29, 1.82) is 0 Å². The smallest absolute Gasteiger partial charge is 0.307 e. The van der Waals surface area contributed by atoms with Crippen LogP contribution in [-0.4, -0.2) is 31.3 Å². The molecule has 1 N–H and O–H groups in total. The number of carbonyl (C=O) groups is 2. The van der Waals surface area contributed by atoms with E-state index in [1.807, 2.05) is 0 Å². The lowest BCUT2D eigenvalue weighted by molar-refractivity contribution is -0.140.